The molecular formula is C21H24F6N2O13. The summed E-state index contributed by atoms with van der Waals surface area (Å²) in [5.41, 5.74) is 0. The number of hydrogen-bond acceptors (Lipinski definition) is 13. The standard InChI is InChI=1S/C21H24F6N2O13/c1-7(30)36-6-12-13(37-8(2)31)14(38-9(3)32)15(39-10(4)33)16(40-12)29-18(35)28-5-11-17(34)42-19(41-11,20(22,23)24)21(25,26)27/h11-16H,5-6H2,1-4H3,(H2,28,29,35)/t11-,12+,13+,14-,15+,16?/m0/s1. The number of ether oxygens (including phenoxy) is 7. The molecule has 0 spiro atoms. The maximum atomic E-state index is 13.1. The highest BCUT2D eigenvalue weighted by Crippen LogP contribution is 2.50. The zero-order valence-electron chi connectivity index (χ0n) is 22.0. The van der Waals surface area contributed by atoms with Crippen LogP contribution in [-0.4, -0.2) is 104 Å². The van der Waals surface area contributed by atoms with Crippen LogP contribution < -0.4 is 10.6 Å². The van der Waals surface area contributed by atoms with Crippen LogP contribution >= 0.6 is 0 Å². The fourth-order valence-corrected chi connectivity index (χ4v) is 3.73. The predicted octanol–water partition coefficient (Wildman–Crippen LogP) is 0.132. The molecule has 238 valence electrons. The molecule has 0 aromatic carbocycles. The van der Waals surface area contributed by atoms with Gasteiger partial charge < -0.3 is 43.8 Å². The third kappa shape index (κ3) is 8.11. The smallest absolute Gasteiger partial charge is 0.463 e. The number of carbonyl (C=O) groups excluding carboxylic acids is 6. The average molecular weight is 626 g/mol. The molecule has 2 N–H and O–H groups in total. The lowest BCUT2D eigenvalue weighted by molar-refractivity contribution is -0.439. The molecular weight excluding hydrogens is 602 g/mol. The van der Waals surface area contributed by atoms with Crippen molar-refractivity contribution in [1.82, 2.24) is 10.6 Å². The third-order valence-corrected chi connectivity index (χ3v) is 5.27. The van der Waals surface area contributed by atoms with Gasteiger partial charge >= 0.3 is 54.0 Å². The van der Waals surface area contributed by atoms with Gasteiger partial charge in [-0.3, -0.25) is 19.2 Å². The minimum absolute atomic E-state index is 0.670. The van der Waals surface area contributed by atoms with Gasteiger partial charge in [0.15, 0.2) is 30.6 Å². The second-order valence-corrected chi connectivity index (χ2v) is 8.61. The maximum absolute atomic E-state index is 13.1. The molecule has 0 aromatic heterocycles. The summed E-state index contributed by atoms with van der Waals surface area (Å²) in [6, 6.07) is -1.44. The highest BCUT2D eigenvalue weighted by atomic mass is 19.4. The molecule has 2 amide bonds. The molecule has 2 fully saturated rings. The van der Waals surface area contributed by atoms with E-state index in [1.54, 1.807) is 5.32 Å². The van der Waals surface area contributed by atoms with Crippen molar-refractivity contribution in [3.8, 4) is 0 Å². The molecule has 21 heteroatoms. The fourth-order valence-electron chi connectivity index (χ4n) is 3.73. The van der Waals surface area contributed by atoms with Gasteiger partial charge in [0.25, 0.3) is 0 Å². The van der Waals surface area contributed by atoms with E-state index < -0.39 is 104 Å². The van der Waals surface area contributed by atoms with Crippen LogP contribution in [0.4, 0.5) is 31.1 Å². The van der Waals surface area contributed by atoms with Crippen LogP contribution in [0.3, 0.4) is 0 Å². The van der Waals surface area contributed by atoms with Crippen molar-refractivity contribution in [3.63, 3.8) is 0 Å². The van der Waals surface area contributed by atoms with Gasteiger partial charge in [-0.05, 0) is 0 Å². The van der Waals surface area contributed by atoms with Crippen LogP contribution in [-0.2, 0) is 57.1 Å². The first kappa shape index (κ1) is 34.3. The molecule has 0 bridgehead atoms. The molecule has 0 aromatic rings. The average Bonchev–Trinajstić information content (AvgIpc) is 3.17. The van der Waals surface area contributed by atoms with E-state index in [9.17, 15) is 55.1 Å². The van der Waals surface area contributed by atoms with Crippen molar-refractivity contribution in [2.45, 2.75) is 82.6 Å². The van der Waals surface area contributed by atoms with E-state index in [0.717, 1.165) is 27.7 Å². The van der Waals surface area contributed by atoms with E-state index in [-0.39, 0.29) is 0 Å². The van der Waals surface area contributed by atoms with Crippen molar-refractivity contribution < 1.29 is 88.3 Å². The molecule has 0 saturated carbocycles. The normalized spacial score (nSPS) is 27.2. The highest BCUT2D eigenvalue weighted by Gasteiger charge is 2.80. The number of halogens is 6. The first-order valence-electron chi connectivity index (χ1n) is 11.6. The number of alkyl halides is 6. The zero-order valence-corrected chi connectivity index (χ0v) is 22.0. The molecule has 2 saturated heterocycles. The molecule has 2 heterocycles. The lowest BCUT2D eigenvalue weighted by Crippen LogP contribution is -2.67. The monoisotopic (exact) mass is 626 g/mol. The molecule has 0 aliphatic carbocycles. The maximum Gasteiger partial charge on any atom is 0.465 e. The van der Waals surface area contributed by atoms with Crippen molar-refractivity contribution in [3.05, 3.63) is 0 Å². The summed E-state index contributed by atoms with van der Waals surface area (Å²) in [4.78, 5) is 71.0. The van der Waals surface area contributed by atoms with Crippen molar-refractivity contribution in [1.29, 1.82) is 0 Å². The number of carbonyl (C=O) groups is 6. The van der Waals surface area contributed by atoms with Gasteiger partial charge in [-0.2, -0.15) is 26.3 Å². The Morgan fingerprint density at radius 2 is 1.31 bits per heavy atom. The number of hydrogen-bond donors (Lipinski definition) is 2. The summed E-state index contributed by atoms with van der Waals surface area (Å²) < 4.78 is 112. The van der Waals surface area contributed by atoms with E-state index in [0.29, 0.717) is 0 Å². The number of urea groups is 1. The second-order valence-electron chi connectivity index (χ2n) is 8.61. The Hall–Kier alpha value is -3.88. The summed E-state index contributed by atoms with van der Waals surface area (Å²) in [6.07, 6.45) is -23.4. The van der Waals surface area contributed by atoms with Gasteiger partial charge in [0, 0.05) is 27.7 Å². The lowest BCUT2D eigenvalue weighted by atomic mass is 9.97. The summed E-state index contributed by atoms with van der Waals surface area (Å²) in [5, 5.41) is 3.79. The Morgan fingerprint density at radius 1 is 0.810 bits per heavy atom. The lowest BCUT2D eigenvalue weighted by Gasteiger charge is -2.44. The van der Waals surface area contributed by atoms with Crippen LogP contribution in [0.25, 0.3) is 0 Å². The molecule has 2 rings (SSSR count). The van der Waals surface area contributed by atoms with Crippen LogP contribution in [0.5, 0.6) is 0 Å². The Bertz CT molecular complexity index is 1070. The van der Waals surface area contributed by atoms with Crippen molar-refractivity contribution in [2.75, 3.05) is 13.2 Å². The van der Waals surface area contributed by atoms with E-state index in [1.807, 2.05) is 5.32 Å². The minimum atomic E-state index is -6.23. The van der Waals surface area contributed by atoms with Gasteiger partial charge in [0.1, 0.15) is 12.7 Å². The van der Waals surface area contributed by atoms with Gasteiger partial charge in [-0.1, -0.05) is 0 Å². The van der Waals surface area contributed by atoms with Gasteiger partial charge in [-0.25, -0.2) is 9.59 Å². The number of cyclic esters (lactones) is 1. The van der Waals surface area contributed by atoms with Crippen LogP contribution in [0.15, 0.2) is 0 Å². The first-order valence-corrected chi connectivity index (χ1v) is 11.6. The molecule has 1 unspecified atom stereocenters. The Balaban J connectivity index is 2.28. The quantitative estimate of drug-likeness (QED) is 0.210. The zero-order chi connectivity index (χ0) is 32.2. The topological polar surface area (TPSA) is 191 Å². The minimum Gasteiger partial charge on any atom is -0.463 e. The van der Waals surface area contributed by atoms with Gasteiger partial charge in [-0.15, -0.1) is 0 Å². The molecule has 42 heavy (non-hydrogen) atoms. The SMILES string of the molecule is CC(=O)OC[C@H]1OC(NC(=O)NC[C@@H]2OC(C(F)(F)F)(C(F)(F)F)OC2=O)[C@H](OC(C)=O)[C@@H](OC(C)=O)[C@@H]1OC(C)=O. The molecule has 15 nitrogen and oxygen atoms in total. The van der Waals surface area contributed by atoms with Gasteiger partial charge in [0.05, 0.1) is 6.54 Å². The molecule has 6 atom stereocenters. The van der Waals surface area contributed by atoms with Crippen LogP contribution in [0.2, 0.25) is 0 Å². The predicted molar refractivity (Wildman–Crippen MR) is 114 cm³/mol. The summed E-state index contributed by atoms with van der Waals surface area (Å²) in [5.74, 6) is -11.2. The first-order chi connectivity index (χ1) is 19.2. The fraction of sp³-hybridized carbons (Fsp3) is 0.714. The van der Waals surface area contributed by atoms with E-state index in [1.165, 1.54) is 0 Å². The third-order valence-electron chi connectivity index (χ3n) is 5.27. The van der Waals surface area contributed by atoms with E-state index in [4.69, 9.17) is 23.7 Å². The van der Waals surface area contributed by atoms with E-state index >= 15 is 0 Å². The van der Waals surface area contributed by atoms with Gasteiger partial charge in [0.2, 0.25) is 0 Å². The van der Waals surface area contributed by atoms with E-state index in [2.05, 4.69) is 9.47 Å². The highest BCUT2D eigenvalue weighted by molar-refractivity contribution is 5.79. The number of rotatable bonds is 8. The van der Waals surface area contributed by atoms with Crippen LogP contribution in [0, 0.1) is 0 Å². The Morgan fingerprint density at radius 3 is 1.76 bits per heavy atom. The molecule has 2 aliphatic heterocycles. The second kappa shape index (κ2) is 13.0. The molecule has 0 radical (unpaired) electrons. The molecule has 2 aliphatic rings. The summed E-state index contributed by atoms with van der Waals surface area (Å²) in [6.45, 7) is 1.81. The summed E-state index contributed by atoms with van der Waals surface area (Å²) in [7, 11) is 0. The van der Waals surface area contributed by atoms with Crippen molar-refractivity contribution in [2.24, 2.45) is 0 Å². The number of esters is 5. The number of amides is 2. The Kier molecular flexibility index (Phi) is 10.6. The van der Waals surface area contributed by atoms with Crippen LogP contribution in [0.1, 0.15) is 27.7 Å². The Labute approximate surface area is 231 Å². The van der Waals surface area contributed by atoms with Crippen molar-refractivity contribution >= 4 is 35.9 Å². The summed E-state index contributed by atoms with van der Waals surface area (Å²) >= 11 is 0. The number of nitrogens with one attached hydrogen (secondary N) is 2. The largest absolute Gasteiger partial charge is 0.465 e.